The van der Waals surface area contributed by atoms with E-state index in [-0.39, 0.29) is 4.90 Å². The molecule has 4 N–H and O–H groups in total. The van der Waals surface area contributed by atoms with Crippen molar-refractivity contribution in [2.75, 3.05) is 24.4 Å². The summed E-state index contributed by atoms with van der Waals surface area (Å²) in [6.07, 6.45) is 2.00. The number of hydrogen-bond donors (Lipinski definition) is 3. The molecule has 0 fully saturated rings. The number of nitrogen functional groups attached to an aromatic ring is 1. The van der Waals surface area contributed by atoms with Gasteiger partial charge in [-0.1, -0.05) is 0 Å². The van der Waals surface area contributed by atoms with Crippen molar-refractivity contribution in [3.63, 3.8) is 0 Å². The van der Waals surface area contributed by atoms with Crippen LogP contribution < -0.4 is 15.8 Å². The molecule has 0 aliphatic heterocycles. The van der Waals surface area contributed by atoms with E-state index in [0.717, 1.165) is 10.6 Å². The van der Waals surface area contributed by atoms with Gasteiger partial charge in [0.1, 0.15) is 4.90 Å². The molecule has 2 aromatic rings. The average Bonchev–Trinajstić information content (AvgIpc) is 2.49. The van der Waals surface area contributed by atoms with Crippen LogP contribution >= 0.6 is 11.8 Å². The van der Waals surface area contributed by atoms with E-state index in [2.05, 4.69) is 10.0 Å². The molecule has 0 radical (unpaired) electrons. The van der Waals surface area contributed by atoms with E-state index in [0.29, 0.717) is 11.4 Å². The van der Waals surface area contributed by atoms with Crippen LogP contribution in [0.25, 0.3) is 0 Å². The second-order valence-electron chi connectivity index (χ2n) is 4.32. The second kappa shape index (κ2) is 6.38. The summed E-state index contributed by atoms with van der Waals surface area (Å²) in [5.74, 6) is 0. The molecular formula is C14H17N3O2S2. The van der Waals surface area contributed by atoms with E-state index in [4.69, 9.17) is 5.73 Å². The van der Waals surface area contributed by atoms with E-state index >= 15 is 0 Å². The van der Waals surface area contributed by atoms with Crippen molar-refractivity contribution in [3.8, 4) is 0 Å². The van der Waals surface area contributed by atoms with Gasteiger partial charge >= 0.3 is 0 Å². The summed E-state index contributed by atoms with van der Waals surface area (Å²) in [6.45, 7) is 0. The molecule has 21 heavy (non-hydrogen) atoms. The first-order valence-electron chi connectivity index (χ1n) is 6.20. The lowest BCUT2D eigenvalue weighted by molar-refractivity contribution is 0.588. The molecule has 0 bridgehead atoms. The number of rotatable bonds is 5. The standard InChI is InChI=1S/C14H17N3O2S2/c1-16-21(18,19)14-9-10(15)3-8-13(14)17-11-4-6-12(20-2)7-5-11/h3-9,16-17H,15H2,1-2H3. The summed E-state index contributed by atoms with van der Waals surface area (Å²) in [5.41, 5.74) is 7.38. The van der Waals surface area contributed by atoms with Gasteiger partial charge in [-0.2, -0.15) is 0 Å². The third kappa shape index (κ3) is 3.69. The fraction of sp³-hybridized carbons (Fsp3) is 0.143. The molecule has 5 nitrogen and oxygen atoms in total. The van der Waals surface area contributed by atoms with Gasteiger partial charge in [-0.05, 0) is 55.8 Å². The van der Waals surface area contributed by atoms with Crippen molar-refractivity contribution in [1.29, 1.82) is 0 Å². The van der Waals surface area contributed by atoms with Crippen LogP contribution in [-0.4, -0.2) is 21.7 Å². The van der Waals surface area contributed by atoms with Crippen LogP contribution in [0.4, 0.5) is 17.1 Å². The maximum absolute atomic E-state index is 12.1. The topological polar surface area (TPSA) is 84.2 Å². The van der Waals surface area contributed by atoms with Gasteiger partial charge < -0.3 is 11.1 Å². The first-order valence-corrected chi connectivity index (χ1v) is 8.91. The SMILES string of the molecule is CNS(=O)(=O)c1cc(N)ccc1Nc1ccc(SC)cc1. The first-order chi connectivity index (χ1) is 9.96. The molecule has 0 unspecified atom stereocenters. The molecule has 0 spiro atoms. The Kier molecular flexibility index (Phi) is 4.76. The average molecular weight is 323 g/mol. The lowest BCUT2D eigenvalue weighted by Gasteiger charge is -2.13. The number of nitrogens with one attached hydrogen (secondary N) is 2. The van der Waals surface area contributed by atoms with Crippen LogP contribution in [0.3, 0.4) is 0 Å². The van der Waals surface area contributed by atoms with Crippen molar-refractivity contribution in [2.24, 2.45) is 0 Å². The zero-order valence-corrected chi connectivity index (χ0v) is 13.4. The van der Waals surface area contributed by atoms with E-state index in [1.165, 1.54) is 13.1 Å². The number of benzene rings is 2. The van der Waals surface area contributed by atoms with Gasteiger partial charge in [0.25, 0.3) is 0 Å². The molecule has 0 amide bonds. The maximum atomic E-state index is 12.1. The highest BCUT2D eigenvalue weighted by Crippen LogP contribution is 2.27. The van der Waals surface area contributed by atoms with Gasteiger partial charge in [-0.25, -0.2) is 13.1 Å². The number of nitrogens with two attached hydrogens (primary N) is 1. The number of thioether (sulfide) groups is 1. The Bertz CT molecular complexity index is 728. The third-order valence-corrected chi connectivity index (χ3v) is 5.13. The van der Waals surface area contributed by atoms with Crippen molar-refractivity contribution >= 4 is 38.8 Å². The van der Waals surface area contributed by atoms with Gasteiger partial charge in [0.15, 0.2) is 0 Å². The highest BCUT2D eigenvalue weighted by molar-refractivity contribution is 7.98. The quantitative estimate of drug-likeness (QED) is 0.582. The molecule has 0 saturated heterocycles. The van der Waals surface area contributed by atoms with Gasteiger partial charge in [-0.3, -0.25) is 0 Å². The van der Waals surface area contributed by atoms with E-state index in [9.17, 15) is 8.42 Å². The summed E-state index contributed by atoms with van der Waals surface area (Å²) in [7, 11) is -2.21. The Morgan fingerprint density at radius 3 is 2.33 bits per heavy atom. The summed E-state index contributed by atoms with van der Waals surface area (Å²) in [4.78, 5) is 1.26. The van der Waals surface area contributed by atoms with Gasteiger partial charge in [0.2, 0.25) is 10.0 Å². The van der Waals surface area contributed by atoms with Crippen LogP contribution in [-0.2, 0) is 10.0 Å². The zero-order valence-electron chi connectivity index (χ0n) is 11.8. The van der Waals surface area contributed by atoms with Gasteiger partial charge in [0.05, 0.1) is 5.69 Å². The van der Waals surface area contributed by atoms with Crippen LogP contribution in [0.15, 0.2) is 52.3 Å². The highest BCUT2D eigenvalue weighted by Gasteiger charge is 2.17. The normalized spacial score (nSPS) is 11.3. The predicted molar refractivity (Wildman–Crippen MR) is 88.6 cm³/mol. The Balaban J connectivity index is 2.39. The van der Waals surface area contributed by atoms with E-state index in [1.54, 1.807) is 23.9 Å². The molecule has 0 atom stereocenters. The second-order valence-corrected chi connectivity index (χ2v) is 7.05. The summed E-state index contributed by atoms with van der Waals surface area (Å²) < 4.78 is 26.4. The number of anilines is 3. The Hall–Kier alpha value is -1.70. The molecule has 2 aromatic carbocycles. The first kappa shape index (κ1) is 15.7. The molecular weight excluding hydrogens is 306 g/mol. The molecule has 0 aliphatic rings. The largest absolute Gasteiger partial charge is 0.399 e. The molecule has 0 heterocycles. The molecule has 2 rings (SSSR count). The Labute approximate surface area is 129 Å². The monoisotopic (exact) mass is 323 g/mol. The van der Waals surface area contributed by atoms with Crippen molar-refractivity contribution in [1.82, 2.24) is 4.72 Å². The molecule has 7 heteroatoms. The minimum absolute atomic E-state index is 0.124. The summed E-state index contributed by atoms with van der Waals surface area (Å²) in [5, 5.41) is 3.11. The van der Waals surface area contributed by atoms with Crippen molar-refractivity contribution < 1.29 is 8.42 Å². The van der Waals surface area contributed by atoms with Gasteiger partial charge in [0, 0.05) is 16.3 Å². The summed E-state index contributed by atoms with van der Waals surface area (Å²) in [6, 6.07) is 12.5. The zero-order chi connectivity index (χ0) is 15.5. The highest BCUT2D eigenvalue weighted by atomic mass is 32.2. The third-order valence-electron chi connectivity index (χ3n) is 2.93. The minimum Gasteiger partial charge on any atom is -0.399 e. The number of hydrogen-bond acceptors (Lipinski definition) is 5. The smallest absolute Gasteiger partial charge is 0.242 e. The van der Waals surface area contributed by atoms with Crippen LogP contribution in [0.1, 0.15) is 0 Å². The van der Waals surface area contributed by atoms with Crippen LogP contribution in [0.5, 0.6) is 0 Å². The fourth-order valence-electron chi connectivity index (χ4n) is 1.80. The number of sulfonamides is 1. The maximum Gasteiger partial charge on any atom is 0.242 e. The predicted octanol–water partition coefficient (Wildman–Crippen LogP) is 2.64. The lowest BCUT2D eigenvalue weighted by atomic mass is 10.2. The fourth-order valence-corrected chi connectivity index (χ4v) is 3.13. The minimum atomic E-state index is -3.58. The van der Waals surface area contributed by atoms with E-state index in [1.807, 2.05) is 30.5 Å². The van der Waals surface area contributed by atoms with Crippen molar-refractivity contribution in [3.05, 3.63) is 42.5 Å². The summed E-state index contributed by atoms with van der Waals surface area (Å²) >= 11 is 1.65. The molecule has 112 valence electrons. The lowest BCUT2D eigenvalue weighted by Crippen LogP contribution is -2.20. The Morgan fingerprint density at radius 1 is 1.10 bits per heavy atom. The van der Waals surface area contributed by atoms with E-state index < -0.39 is 10.0 Å². The van der Waals surface area contributed by atoms with Crippen LogP contribution in [0, 0.1) is 0 Å². The van der Waals surface area contributed by atoms with Crippen LogP contribution in [0.2, 0.25) is 0 Å². The molecule has 0 aromatic heterocycles. The molecule has 0 saturated carbocycles. The van der Waals surface area contributed by atoms with Gasteiger partial charge in [-0.15, -0.1) is 11.8 Å². The van der Waals surface area contributed by atoms with Crippen molar-refractivity contribution in [2.45, 2.75) is 9.79 Å². The Morgan fingerprint density at radius 2 is 1.76 bits per heavy atom. The molecule has 0 aliphatic carbocycles.